The first-order valence-corrected chi connectivity index (χ1v) is 8.44. The Bertz CT molecular complexity index is 851. The van der Waals surface area contributed by atoms with Gasteiger partial charge in [0.1, 0.15) is 5.75 Å². The van der Waals surface area contributed by atoms with E-state index < -0.39 is 6.10 Å². The van der Waals surface area contributed by atoms with Crippen molar-refractivity contribution in [2.24, 2.45) is 0 Å². The van der Waals surface area contributed by atoms with Crippen LogP contribution in [0.2, 0.25) is 0 Å². The number of carbonyl (C=O) groups is 2. The van der Waals surface area contributed by atoms with Gasteiger partial charge in [-0.15, -0.1) is 0 Å². The third-order valence-electron chi connectivity index (χ3n) is 3.97. The fourth-order valence-corrected chi connectivity index (χ4v) is 2.34. The highest BCUT2D eigenvalue weighted by molar-refractivity contribution is 5.98. The molecule has 0 aromatic heterocycles. The number of anilines is 1. The Balaban J connectivity index is 1.59. The molecule has 2 amide bonds. The van der Waals surface area contributed by atoms with E-state index in [-0.39, 0.29) is 17.9 Å². The molecule has 2 N–H and O–H groups in total. The highest BCUT2D eigenvalue weighted by Gasteiger charge is 2.24. The Morgan fingerprint density at radius 2 is 1.92 bits per heavy atom. The number of nitrogens with zero attached hydrogens (tertiary/aromatic N) is 1. The molecule has 1 fully saturated rings. The molecule has 0 spiro atoms. The molecule has 26 heavy (non-hydrogen) atoms. The SMILES string of the molecule is C[C@@H](Oc1ccc(C#N)cc1)C(=O)Nc1cccc(C(=O)NC2CC2)c1. The molecule has 1 aliphatic carbocycles. The maximum absolute atomic E-state index is 12.3. The van der Waals surface area contributed by atoms with Crippen LogP contribution in [0.3, 0.4) is 0 Å². The molecule has 0 bridgehead atoms. The fourth-order valence-electron chi connectivity index (χ4n) is 2.34. The summed E-state index contributed by atoms with van der Waals surface area (Å²) in [7, 11) is 0. The highest BCUT2D eigenvalue weighted by Crippen LogP contribution is 2.20. The first-order valence-electron chi connectivity index (χ1n) is 8.44. The lowest BCUT2D eigenvalue weighted by molar-refractivity contribution is -0.122. The summed E-state index contributed by atoms with van der Waals surface area (Å²) >= 11 is 0. The van der Waals surface area contributed by atoms with Crippen LogP contribution < -0.4 is 15.4 Å². The molecule has 0 saturated heterocycles. The van der Waals surface area contributed by atoms with Crippen molar-refractivity contribution in [1.82, 2.24) is 5.32 Å². The summed E-state index contributed by atoms with van der Waals surface area (Å²) in [6.45, 7) is 1.64. The molecule has 132 valence electrons. The van der Waals surface area contributed by atoms with Crippen LogP contribution in [-0.4, -0.2) is 24.0 Å². The Morgan fingerprint density at radius 3 is 2.58 bits per heavy atom. The van der Waals surface area contributed by atoms with Gasteiger partial charge in [-0.2, -0.15) is 5.26 Å². The van der Waals surface area contributed by atoms with Gasteiger partial charge in [-0.25, -0.2) is 0 Å². The number of carbonyl (C=O) groups excluding carboxylic acids is 2. The van der Waals surface area contributed by atoms with Crippen molar-refractivity contribution in [3.63, 3.8) is 0 Å². The summed E-state index contributed by atoms with van der Waals surface area (Å²) in [5, 5.41) is 14.5. The number of hydrogen-bond donors (Lipinski definition) is 2. The minimum Gasteiger partial charge on any atom is -0.481 e. The van der Waals surface area contributed by atoms with E-state index in [1.807, 2.05) is 6.07 Å². The molecule has 0 aliphatic heterocycles. The van der Waals surface area contributed by atoms with Gasteiger partial charge in [-0.1, -0.05) is 6.07 Å². The molecule has 2 aromatic carbocycles. The Hall–Kier alpha value is -3.33. The normalized spacial score (nSPS) is 14.0. The number of amides is 2. The van der Waals surface area contributed by atoms with E-state index in [1.165, 1.54) is 0 Å². The minimum absolute atomic E-state index is 0.134. The quantitative estimate of drug-likeness (QED) is 0.839. The summed E-state index contributed by atoms with van der Waals surface area (Å²) < 4.78 is 5.59. The lowest BCUT2D eigenvalue weighted by Crippen LogP contribution is -2.30. The first kappa shape index (κ1) is 17.5. The Morgan fingerprint density at radius 1 is 1.19 bits per heavy atom. The molecule has 0 heterocycles. The number of hydrogen-bond acceptors (Lipinski definition) is 4. The van der Waals surface area contributed by atoms with Crippen LogP contribution in [-0.2, 0) is 4.79 Å². The molecule has 2 aromatic rings. The zero-order chi connectivity index (χ0) is 18.5. The van der Waals surface area contributed by atoms with Crippen LogP contribution in [0.1, 0.15) is 35.7 Å². The van der Waals surface area contributed by atoms with Crippen LogP contribution in [0.15, 0.2) is 48.5 Å². The first-order chi connectivity index (χ1) is 12.5. The van der Waals surface area contributed by atoms with Crippen molar-refractivity contribution in [3.8, 4) is 11.8 Å². The lowest BCUT2D eigenvalue weighted by Gasteiger charge is -2.15. The smallest absolute Gasteiger partial charge is 0.265 e. The lowest BCUT2D eigenvalue weighted by atomic mass is 10.2. The monoisotopic (exact) mass is 349 g/mol. The van der Waals surface area contributed by atoms with Crippen LogP contribution in [0.5, 0.6) is 5.75 Å². The third kappa shape index (κ3) is 4.61. The van der Waals surface area contributed by atoms with Gasteiger partial charge in [0.2, 0.25) is 0 Å². The highest BCUT2D eigenvalue weighted by atomic mass is 16.5. The third-order valence-corrected chi connectivity index (χ3v) is 3.97. The molecule has 0 radical (unpaired) electrons. The number of ether oxygens (including phenoxy) is 1. The summed E-state index contributed by atoms with van der Waals surface area (Å²) in [6, 6.07) is 15.6. The van der Waals surface area contributed by atoms with Gasteiger partial charge >= 0.3 is 0 Å². The van der Waals surface area contributed by atoms with Gasteiger partial charge in [-0.05, 0) is 62.2 Å². The molecule has 1 saturated carbocycles. The van der Waals surface area contributed by atoms with E-state index in [4.69, 9.17) is 10.00 Å². The average Bonchev–Trinajstić information content (AvgIpc) is 3.46. The molecular formula is C20H19N3O3. The zero-order valence-electron chi connectivity index (χ0n) is 14.4. The summed E-state index contributed by atoms with van der Waals surface area (Å²) in [5.74, 6) is 0.0452. The Kier molecular flexibility index (Phi) is 5.18. The van der Waals surface area contributed by atoms with Crippen molar-refractivity contribution in [2.75, 3.05) is 5.32 Å². The maximum Gasteiger partial charge on any atom is 0.265 e. The van der Waals surface area contributed by atoms with Crippen LogP contribution >= 0.6 is 0 Å². The van der Waals surface area contributed by atoms with E-state index in [0.29, 0.717) is 22.6 Å². The van der Waals surface area contributed by atoms with Gasteiger partial charge in [-0.3, -0.25) is 9.59 Å². The van der Waals surface area contributed by atoms with Crippen LogP contribution in [0, 0.1) is 11.3 Å². The summed E-state index contributed by atoms with van der Waals surface area (Å²) in [4.78, 5) is 24.4. The molecular weight excluding hydrogens is 330 g/mol. The van der Waals surface area contributed by atoms with Crippen molar-refractivity contribution in [3.05, 3.63) is 59.7 Å². The van der Waals surface area contributed by atoms with Gasteiger partial charge < -0.3 is 15.4 Å². The topological polar surface area (TPSA) is 91.2 Å². The summed E-state index contributed by atoms with van der Waals surface area (Å²) in [5.41, 5.74) is 1.57. The number of rotatable bonds is 6. The van der Waals surface area contributed by atoms with Gasteiger partial charge in [0.25, 0.3) is 11.8 Å². The van der Waals surface area contributed by atoms with Gasteiger partial charge in [0.05, 0.1) is 11.6 Å². The fraction of sp³-hybridized carbons (Fsp3) is 0.250. The van der Waals surface area contributed by atoms with E-state index in [0.717, 1.165) is 12.8 Å². The minimum atomic E-state index is -0.730. The van der Waals surface area contributed by atoms with E-state index >= 15 is 0 Å². The maximum atomic E-state index is 12.3. The van der Waals surface area contributed by atoms with Crippen molar-refractivity contribution in [2.45, 2.75) is 31.9 Å². The van der Waals surface area contributed by atoms with Gasteiger partial charge in [0, 0.05) is 17.3 Å². The Labute approximate surface area is 151 Å². The zero-order valence-corrected chi connectivity index (χ0v) is 14.4. The van der Waals surface area contributed by atoms with Crippen molar-refractivity contribution in [1.29, 1.82) is 5.26 Å². The molecule has 0 unspecified atom stereocenters. The molecule has 1 atom stereocenters. The second-order valence-electron chi connectivity index (χ2n) is 6.21. The van der Waals surface area contributed by atoms with Crippen molar-refractivity contribution < 1.29 is 14.3 Å². The predicted molar refractivity (Wildman–Crippen MR) is 96.8 cm³/mol. The van der Waals surface area contributed by atoms with Crippen molar-refractivity contribution >= 4 is 17.5 Å². The average molecular weight is 349 g/mol. The number of nitriles is 1. The number of nitrogens with one attached hydrogen (secondary N) is 2. The second-order valence-corrected chi connectivity index (χ2v) is 6.21. The van der Waals surface area contributed by atoms with Crippen LogP contribution in [0.4, 0.5) is 5.69 Å². The van der Waals surface area contributed by atoms with Gasteiger partial charge in [0.15, 0.2) is 6.10 Å². The molecule has 1 aliphatic rings. The number of benzene rings is 2. The molecule has 6 nitrogen and oxygen atoms in total. The van der Waals surface area contributed by atoms with Crippen LogP contribution in [0.25, 0.3) is 0 Å². The molecule has 6 heteroatoms. The molecule has 3 rings (SSSR count). The van der Waals surface area contributed by atoms with E-state index in [1.54, 1.807) is 55.5 Å². The van der Waals surface area contributed by atoms with E-state index in [9.17, 15) is 9.59 Å². The van der Waals surface area contributed by atoms with E-state index in [2.05, 4.69) is 10.6 Å². The predicted octanol–water partition coefficient (Wildman–Crippen LogP) is 2.86. The summed E-state index contributed by atoms with van der Waals surface area (Å²) in [6.07, 6.45) is 1.31. The largest absolute Gasteiger partial charge is 0.481 e. The second kappa shape index (κ2) is 7.70. The standard InChI is InChI=1S/C20H19N3O3/c1-13(26-18-9-5-14(12-21)6-10-18)19(24)23-17-4-2-3-15(11-17)20(25)22-16-7-8-16/h2-6,9-11,13,16H,7-8H2,1H3,(H,22,25)(H,23,24)/t13-/m1/s1.